The van der Waals surface area contributed by atoms with Gasteiger partial charge in [0, 0.05) is 26.7 Å². The van der Waals surface area contributed by atoms with Crippen molar-refractivity contribution in [1.29, 1.82) is 5.26 Å². The average molecular weight is 258 g/mol. The molecule has 0 saturated heterocycles. The van der Waals surface area contributed by atoms with Gasteiger partial charge in [0.15, 0.2) is 0 Å². The molecule has 0 spiro atoms. The molecule has 1 aromatic carbocycles. The number of anilines is 2. The molecule has 0 aromatic heterocycles. The van der Waals surface area contributed by atoms with Gasteiger partial charge < -0.3 is 15.1 Å². The predicted octanol–water partition coefficient (Wildman–Crippen LogP) is 1.83. The van der Waals surface area contributed by atoms with Gasteiger partial charge in [-0.1, -0.05) is 19.1 Å². The van der Waals surface area contributed by atoms with Crippen molar-refractivity contribution in [3.8, 4) is 6.07 Å². The topological polar surface area (TPSA) is 42.3 Å². The van der Waals surface area contributed by atoms with Gasteiger partial charge in [-0.3, -0.25) is 0 Å². The van der Waals surface area contributed by atoms with Crippen LogP contribution in [0.2, 0.25) is 0 Å². The second-order valence-corrected chi connectivity index (χ2v) is 4.99. The molecule has 1 N–H and O–H groups in total. The molecular weight excluding hydrogens is 236 g/mol. The van der Waals surface area contributed by atoms with Crippen LogP contribution in [0.1, 0.15) is 13.3 Å². The number of hydrogen-bond acceptors (Lipinski definition) is 4. The van der Waals surface area contributed by atoms with Crippen LogP contribution in [0.3, 0.4) is 0 Å². The number of likely N-dealkylation sites (N-methyl/N-ethyl adjacent to an activating group) is 1. The first-order valence-corrected chi connectivity index (χ1v) is 6.94. The molecule has 1 heterocycles. The summed E-state index contributed by atoms with van der Waals surface area (Å²) in [5.41, 5.74) is 2.48. The van der Waals surface area contributed by atoms with Gasteiger partial charge >= 0.3 is 0 Å². The quantitative estimate of drug-likeness (QED) is 0.875. The van der Waals surface area contributed by atoms with Crippen molar-refractivity contribution in [1.82, 2.24) is 5.32 Å². The van der Waals surface area contributed by atoms with E-state index in [1.165, 1.54) is 11.4 Å². The van der Waals surface area contributed by atoms with Crippen molar-refractivity contribution < 1.29 is 0 Å². The Balaban J connectivity index is 2.10. The molecule has 0 amide bonds. The number of para-hydroxylation sites is 2. The van der Waals surface area contributed by atoms with Crippen molar-refractivity contribution in [2.45, 2.75) is 19.4 Å². The lowest BCUT2D eigenvalue weighted by molar-refractivity contribution is 0.573. The number of nitriles is 1. The van der Waals surface area contributed by atoms with E-state index in [0.717, 1.165) is 32.6 Å². The molecule has 4 nitrogen and oxygen atoms in total. The van der Waals surface area contributed by atoms with E-state index in [-0.39, 0.29) is 6.04 Å². The molecule has 1 atom stereocenters. The van der Waals surface area contributed by atoms with Gasteiger partial charge in [0.25, 0.3) is 0 Å². The van der Waals surface area contributed by atoms with E-state index in [1.54, 1.807) is 0 Å². The second-order valence-electron chi connectivity index (χ2n) is 4.99. The van der Waals surface area contributed by atoms with E-state index in [9.17, 15) is 5.26 Å². The van der Waals surface area contributed by atoms with E-state index in [1.807, 2.05) is 0 Å². The largest absolute Gasteiger partial charge is 0.371 e. The van der Waals surface area contributed by atoms with Crippen LogP contribution in [0, 0.1) is 11.3 Å². The molecule has 1 unspecified atom stereocenters. The molecule has 2 rings (SSSR count). The van der Waals surface area contributed by atoms with Crippen LogP contribution in [0.4, 0.5) is 11.4 Å². The Bertz CT molecular complexity index is 452. The number of fused-ring (bicyclic) bond motifs is 1. The fourth-order valence-electron chi connectivity index (χ4n) is 2.45. The Morgan fingerprint density at radius 3 is 2.74 bits per heavy atom. The van der Waals surface area contributed by atoms with Crippen molar-refractivity contribution in [2.75, 3.05) is 43.0 Å². The SMILES string of the molecule is CCCNC(C#N)CN1CCN(C)c2ccccc21. The maximum Gasteiger partial charge on any atom is 0.113 e. The van der Waals surface area contributed by atoms with E-state index in [2.05, 4.69) is 59.4 Å². The van der Waals surface area contributed by atoms with Gasteiger partial charge in [-0.05, 0) is 25.1 Å². The summed E-state index contributed by atoms with van der Waals surface area (Å²) in [6.07, 6.45) is 1.05. The zero-order chi connectivity index (χ0) is 13.7. The highest BCUT2D eigenvalue weighted by Gasteiger charge is 2.21. The fourth-order valence-corrected chi connectivity index (χ4v) is 2.45. The molecule has 0 fully saturated rings. The molecular formula is C15H22N4. The number of nitrogens with one attached hydrogen (secondary N) is 1. The third-order valence-corrected chi connectivity index (χ3v) is 3.54. The van der Waals surface area contributed by atoms with Crippen LogP contribution < -0.4 is 15.1 Å². The second kappa shape index (κ2) is 6.44. The Morgan fingerprint density at radius 1 is 1.32 bits per heavy atom. The summed E-state index contributed by atoms with van der Waals surface area (Å²) >= 11 is 0. The van der Waals surface area contributed by atoms with Crippen molar-refractivity contribution in [2.24, 2.45) is 0 Å². The molecule has 19 heavy (non-hydrogen) atoms. The molecule has 1 aliphatic rings. The number of rotatable bonds is 5. The molecule has 0 radical (unpaired) electrons. The van der Waals surface area contributed by atoms with Crippen LogP contribution in [-0.4, -0.2) is 39.3 Å². The van der Waals surface area contributed by atoms with E-state index in [4.69, 9.17) is 0 Å². The van der Waals surface area contributed by atoms with Crippen molar-refractivity contribution >= 4 is 11.4 Å². The fraction of sp³-hybridized carbons (Fsp3) is 0.533. The van der Waals surface area contributed by atoms with Gasteiger partial charge in [0.1, 0.15) is 6.04 Å². The van der Waals surface area contributed by atoms with Crippen molar-refractivity contribution in [3.63, 3.8) is 0 Å². The lowest BCUT2D eigenvalue weighted by Crippen LogP contribution is -2.46. The Hall–Kier alpha value is -1.73. The normalized spacial score (nSPS) is 15.8. The first-order valence-electron chi connectivity index (χ1n) is 6.94. The van der Waals surface area contributed by atoms with E-state index in [0.29, 0.717) is 0 Å². The Labute approximate surface area is 115 Å². The summed E-state index contributed by atoms with van der Waals surface area (Å²) in [5.74, 6) is 0. The van der Waals surface area contributed by atoms with Gasteiger partial charge in [-0.25, -0.2) is 0 Å². The summed E-state index contributed by atoms with van der Waals surface area (Å²) in [4.78, 5) is 4.58. The Kier molecular flexibility index (Phi) is 4.64. The lowest BCUT2D eigenvalue weighted by atomic mass is 10.1. The van der Waals surface area contributed by atoms with Crippen molar-refractivity contribution in [3.05, 3.63) is 24.3 Å². The van der Waals surface area contributed by atoms with Crippen LogP contribution in [0.15, 0.2) is 24.3 Å². The molecule has 4 heteroatoms. The first-order chi connectivity index (χ1) is 9.26. The third kappa shape index (κ3) is 3.18. The minimum atomic E-state index is -0.101. The smallest absolute Gasteiger partial charge is 0.113 e. The predicted molar refractivity (Wildman–Crippen MR) is 79.6 cm³/mol. The minimum absolute atomic E-state index is 0.101. The first kappa shape index (κ1) is 13.7. The molecule has 1 aromatic rings. The molecule has 1 aliphatic heterocycles. The van der Waals surface area contributed by atoms with E-state index < -0.39 is 0 Å². The maximum absolute atomic E-state index is 9.23. The molecule has 0 aliphatic carbocycles. The van der Waals surface area contributed by atoms with E-state index >= 15 is 0 Å². The number of benzene rings is 1. The minimum Gasteiger partial charge on any atom is -0.371 e. The number of nitrogens with zero attached hydrogens (tertiary/aromatic N) is 3. The lowest BCUT2D eigenvalue weighted by Gasteiger charge is -2.37. The Morgan fingerprint density at radius 2 is 2.05 bits per heavy atom. The molecule has 102 valence electrons. The maximum atomic E-state index is 9.23. The zero-order valence-corrected chi connectivity index (χ0v) is 11.8. The summed E-state index contributed by atoms with van der Waals surface area (Å²) in [6, 6.07) is 10.7. The summed E-state index contributed by atoms with van der Waals surface area (Å²) < 4.78 is 0. The van der Waals surface area contributed by atoms with Gasteiger partial charge in [-0.2, -0.15) is 5.26 Å². The monoisotopic (exact) mass is 258 g/mol. The molecule has 0 saturated carbocycles. The highest BCUT2D eigenvalue weighted by Crippen LogP contribution is 2.31. The van der Waals surface area contributed by atoms with Crippen LogP contribution in [0.25, 0.3) is 0 Å². The third-order valence-electron chi connectivity index (χ3n) is 3.54. The van der Waals surface area contributed by atoms with Crippen LogP contribution >= 0.6 is 0 Å². The highest BCUT2D eigenvalue weighted by atomic mass is 15.3. The summed E-state index contributed by atoms with van der Waals surface area (Å²) in [5, 5.41) is 12.5. The standard InChI is InChI=1S/C15H22N4/c1-3-8-17-13(11-16)12-19-10-9-18(2)14-6-4-5-7-15(14)19/h4-7,13,17H,3,8-10,12H2,1-2H3. The van der Waals surface area contributed by atoms with Gasteiger partial charge in [-0.15, -0.1) is 0 Å². The molecule has 0 bridgehead atoms. The van der Waals surface area contributed by atoms with Gasteiger partial charge in [0.05, 0.1) is 17.4 Å². The zero-order valence-electron chi connectivity index (χ0n) is 11.8. The van der Waals surface area contributed by atoms with Crippen LogP contribution in [-0.2, 0) is 0 Å². The number of hydrogen-bond donors (Lipinski definition) is 1. The summed E-state index contributed by atoms with van der Waals surface area (Å²) in [7, 11) is 2.12. The van der Waals surface area contributed by atoms with Gasteiger partial charge in [0.2, 0.25) is 0 Å². The van der Waals surface area contributed by atoms with Crippen LogP contribution in [0.5, 0.6) is 0 Å². The highest BCUT2D eigenvalue weighted by molar-refractivity contribution is 5.73. The summed E-state index contributed by atoms with van der Waals surface area (Å²) in [6.45, 7) is 5.74. The average Bonchev–Trinajstić information content (AvgIpc) is 2.46.